The van der Waals surface area contributed by atoms with Crippen molar-refractivity contribution in [2.75, 3.05) is 59.4 Å². The molecule has 0 radical (unpaired) electrons. The third-order valence-corrected chi connectivity index (χ3v) is 2.75. The molecule has 0 aliphatic heterocycles. The van der Waals surface area contributed by atoms with E-state index in [9.17, 15) is 9.59 Å². The van der Waals surface area contributed by atoms with E-state index < -0.39 is 0 Å². The van der Waals surface area contributed by atoms with Crippen LogP contribution < -0.4 is 5.32 Å². The highest BCUT2D eigenvalue weighted by Gasteiger charge is 1.99. The standard InChI is InChI=1S/C16H31NO6.C2H6.H2/c1-3-4-5-16(19)17-6-7-20-8-9-21-10-11-22-12-13-23-14-15(2)18;1-2;/h3-14H2,1-2H3,(H,17,19);1-2H3;1H. The third-order valence-electron chi connectivity index (χ3n) is 2.75. The van der Waals surface area contributed by atoms with Crippen LogP contribution in [0.25, 0.3) is 0 Å². The maximum absolute atomic E-state index is 11.3. The molecule has 0 saturated heterocycles. The summed E-state index contributed by atoms with van der Waals surface area (Å²) in [4.78, 5) is 21.9. The monoisotopic (exact) mass is 365 g/mol. The Bertz CT molecular complexity index is 305. The van der Waals surface area contributed by atoms with Gasteiger partial charge in [0.05, 0.1) is 46.2 Å². The minimum absolute atomic E-state index is 0. The van der Waals surface area contributed by atoms with Gasteiger partial charge in [-0.05, 0) is 13.3 Å². The fraction of sp³-hybridized carbons (Fsp3) is 0.889. The normalized spacial score (nSPS) is 10.1. The molecular formula is C18H39NO6. The number of amides is 1. The van der Waals surface area contributed by atoms with E-state index in [4.69, 9.17) is 18.9 Å². The molecule has 1 N–H and O–H groups in total. The molecule has 0 aliphatic carbocycles. The van der Waals surface area contributed by atoms with Crippen LogP contribution in [0.2, 0.25) is 0 Å². The smallest absolute Gasteiger partial charge is 0.220 e. The molecule has 0 aromatic heterocycles. The zero-order valence-corrected chi connectivity index (χ0v) is 16.4. The second kappa shape index (κ2) is 23.0. The first kappa shape index (κ1) is 26.2. The zero-order valence-electron chi connectivity index (χ0n) is 16.4. The SMILES string of the molecule is CC.CCCCC(=O)NCCOCCOCCOCCOCC(C)=O.[HH]. The highest BCUT2D eigenvalue weighted by atomic mass is 16.6. The van der Waals surface area contributed by atoms with Gasteiger partial charge in [0.25, 0.3) is 0 Å². The molecule has 0 fully saturated rings. The molecule has 152 valence electrons. The van der Waals surface area contributed by atoms with E-state index in [0.29, 0.717) is 59.2 Å². The van der Waals surface area contributed by atoms with Crippen molar-refractivity contribution < 1.29 is 30.0 Å². The minimum Gasteiger partial charge on any atom is -0.377 e. The summed E-state index contributed by atoms with van der Waals surface area (Å²) in [5.41, 5.74) is 0. The molecule has 0 spiro atoms. The molecule has 0 saturated carbocycles. The maximum Gasteiger partial charge on any atom is 0.220 e. The van der Waals surface area contributed by atoms with Gasteiger partial charge in [-0.25, -0.2) is 0 Å². The first-order valence-corrected chi connectivity index (χ1v) is 9.24. The molecule has 0 unspecified atom stereocenters. The van der Waals surface area contributed by atoms with Gasteiger partial charge in [0.1, 0.15) is 6.61 Å². The number of carbonyl (C=O) groups is 2. The average molecular weight is 366 g/mol. The summed E-state index contributed by atoms with van der Waals surface area (Å²) in [6.07, 6.45) is 2.53. The van der Waals surface area contributed by atoms with Crippen molar-refractivity contribution in [2.45, 2.75) is 47.0 Å². The highest BCUT2D eigenvalue weighted by Crippen LogP contribution is 1.92. The molecule has 25 heavy (non-hydrogen) atoms. The summed E-state index contributed by atoms with van der Waals surface area (Å²) in [6.45, 7) is 11.5. The number of ether oxygens (including phenoxy) is 4. The molecule has 7 nitrogen and oxygen atoms in total. The van der Waals surface area contributed by atoms with E-state index in [2.05, 4.69) is 12.2 Å². The lowest BCUT2D eigenvalue weighted by atomic mass is 10.2. The Kier molecular flexibility index (Phi) is 24.1. The highest BCUT2D eigenvalue weighted by molar-refractivity contribution is 5.76. The van der Waals surface area contributed by atoms with Crippen LogP contribution in [0.3, 0.4) is 0 Å². The Morgan fingerprint density at radius 1 is 0.840 bits per heavy atom. The number of unbranched alkanes of at least 4 members (excludes halogenated alkanes) is 1. The van der Waals surface area contributed by atoms with Crippen LogP contribution in [0.1, 0.15) is 48.4 Å². The van der Waals surface area contributed by atoms with E-state index in [1.54, 1.807) is 0 Å². The van der Waals surface area contributed by atoms with Crippen LogP contribution in [0.4, 0.5) is 0 Å². The summed E-state index contributed by atoms with van der Waals surface area (Å²) in [5, 5.41) is 2.80. The summed E-state index contributed by atoms with van der Waals surface area (Å²) in [7, 11) is 0. The van der Waals surface area contributed by atoms with Crippen molar-refractivity contribution in [3.05, 3.63) is 0 Å². The number of hydrogen-bond donors (Lipinski definition) is 1. The van der Waals surface area contributed by atoms with Crippen molar-refractivity contribution in [1.82, 2.24) is 5.32 Å². The summed E-state index contributed by atoms with van der Waals surface area (Å²) < 4.78 is 21.0. The van der Waals surface area contributed by atoms with Gasteiger partial charge in [0.2, 0.25) is 5.91 Å². The second-order valence-electron chi connectivity index (χ2n) is 5.05. The van der Waals surface area contributed by atoms with Crippen molar-refractivity contribution in [3.63, 3.8) is 0 Å². The fourth-order valence-corrected chi connectivity index (χ4v) is 1.56. The molecule has 7 heteroatoms. The predicted molar refractivity (Wildman–Crippen MR) is 100.0 cm³/mol. The average Bonchev–Trinajstić information content (AvgIpc) is 2.61. The topological polar surface area (TPSA) is 83.1 Å². The van der Waals surface area contributed by atoms with E-state index in [-0.39, 0.29) is 19.7 Å². The van der Waals surface area contributed by atoms with E-state index in [0.717, 1.165) is 12.8 Å². The van der Waals surface area contributed by atoms with Gasteiger partial charge in [-0.15, -0.1) is 0 Å². The van der Waals surface area contributed by atoms with E-state index in [1.807, 2.05) is 13.8 Å². The van der Waals surface area contributed by atoms with Gasteiger partial charge in [0, 0.05) is 14.4 Å². The van der Waals surface area contributed by atoms with E-state index >= 15 is 0 Å². The van der Waals surface area contributed by atoms with Gasteiger partial charge in [-0.1, -0.05) is 27.2 Å². The molecule has 0 heterocycles. The van der Waals surface area contributed by atoms with Gasteiger partial charge in [-0.2, -0.15) is 0 Å². The summed E-state index contributed by atoms with van der Waals surface area (Å²) >= 11 is 0. The lowest BCUT2D eigenvalue weighted by Gasteiger charge is -2.08. The zero-order chi connectivity index (χ0) is 19.2. The Morgan fingerprint density at radius 3 is 1.80 bits per heavy atom. The van der Waals surface area contributed by atoms with Crippen molar-refractivity contribution in [2.24, 2.45) is 0 Å². The number of carbonyl (C=O) groups excluding carboxylic acids is 2. The van der Waals surface area contributed by atoms with E-state index in [1.165, 1.54) is 6.92 Å². The Hall–Kier alpha value is -1.02. The van der Waals surface area contributed by atoms with Crippen LogP contribution in [0.5, 0.6) is 0 Å². The first-order valence-electron chi connectivity index (χ1n) is 9.24. The van der Waals surface area contributed by atoms with Crippen molar-refractivity contribution >= 4 is 11.7 Å². The van der Waals surface area contributed by atoms with Crippen LogP contribution >= 0.6 is 0 Å². The third kappa shape index (κ3) is 25.3. The molecule has 0 rings (SSSR count). The van der Waals surface area contributed by atoms with Gasteiger partial charge < -0.3 is 24.3 Å². The van der Waals surface area contributed by atoms with Crippen molar-refractivity contribution in [3.8, 4) is 0 Å². The van der Waals surface area contributed by atoms with Crippen LogP contribution in [0, 0.1) is 0 Å². The van der Waals surface area contributed by atoms with Gasteiger partial charge in [0.15, 0.2) is 5.78 Å². The minimum atomic E-state index is 0. The number of nitrogens with one attached hydrogen (secondary N) is 1. The lowest BCUT2D eigenvalue weighted by molar-refractivity contribution is -0.122. The van der Waals surface area contributed by atoms with Crippen LogP contribution in [-0.4, -0.2) is 71.1 Å². The predicted octanol–water partition coefficient (Wildman–Crippen LogP) is 2.22. The number of ketones is 1. The van der Waals surface area contributed by atoms with Gasteiger partial charge >= 0.3 is 0 Å². The Labute approximate surface area is 154 Å². The molecule has 0 aliphatic rings. The number of Topliss-reactive ketones (excluding diaryl/α,β-unsaturated/α-hetero) is 1. The largest absolute Gasteiger partial charge is 0.377 e. The van der Waals surface area contributed by atoms with Crippen molar-refractivity contribution in [1.29, 1.82) is 0 Å². The quantitative estimate of drug-likeness (QED) is 0.398. The maximum atomic E-state index is 11.3. The second-order valence-corrected chi connectivity index (χ2v) is 5.05. The van der Waals surface area contributed by atoms with Crippen LogP contribution in [-0.2, 0) is 28.5 Å². The summed E-state index contributed by atoms with van der Waals surface area (Å²) in [5.74, 6) is 0.0880. The summed E-state index contributed by atoms with van der Waals surface area (Å²) in [6, 6.07) is 0. The Morgan fingerprint density at radius 2 is 1.32 bits per heavy atom. The first-order chi connectivity index (χ1) is 12.2. The molecule has 0 aromatic rings. The number of rotatable bonds is 17. The van der Waals surface area contributed by atoms with Gasteiger partial charge in [-0.3, -0.25) is 9.59 Å². The number of hydrogen-bond acceptors (Lipinski definition) is 6. The molecule has 0 aromatic carbocycles. The lowest BCUT2D eigenvalue weighted by Crippen LogP contribution is -2.27. The fourth-order valence-electron chi connectivity index (χ4n) is 1.56. The van der Waals surface area contributed by atoms with Crippen LogP contribution in [0.15, 0.2) is 0 Å². The molecule has 0 bridgehead atoms. The molecular weight excluding hydrogens is 326 g/mol. The Balaban J connectivity index is -0.00000170. The molecule has 1 amide bonds. The molecule has 0 atom stereocenters.